The molecule has 0 aromatic carbocycles. The third kappa shape index (κ3) is 2.16. The van der Waals surface area contributed by atoms with Crippen molar-refractivity contribution in [2.75, 3.05) is 5.32 Å². The number of primary amides is 1. The van der Waals surface area contributed by atoms with Gasteiger partial charge in [0, 0.05) is 6.07 Å². The standard InChI is InChI=1S/C7H8N4O3/c1-4-6(11(13)14)2-5(3-9-4)10-7(8)12/h2-3H,1H3,(H3,8,10,12). The van der Waals surface area contributed by atoms with Crippen LogP contribution < -0.4 is 11.1 Å². The Bertz CT molecular complexity index is 391. The first-order chi connectivity index (χ1) is 6.50. The average molecular weight is 196 g/mol. The molecular formula is C7H8N4O3. The van der Waals surface area contributed by atoms with Gasteiger partial charge in [0.15, 0.2) is 0 Å². The molecule has 0 aliphatic carbocycles. The van der Waals surface area contributed by atoms with Gasteiger partial charge in [0.2, 0.25) is 0 Å². The number of pyridine rings is 1. The number of aromatic nitrogens is 1. The number of aryl methyl sites for hydroxylation is 1. The monoisotopic (exact) mass is 196 g/mol. The molecule has 1 rings (SSSR count). The van der Waals surface area contributed by atoms with Crippen molar-refractivity contribution >= 4 is 17.4 Å². The number of urea groups is 1. The fraction of sp³-hybridized carbons (Fsp3) is 0.143. The number of nitrogens with one attached hydrogen (secondary N) is 1. The van der Waals surface area contributed by atoms with Crippen molar-refractivity contribution in [1.82, 2.24) is 4.98 Å². The van der Waals surface area contributed by atoms with E-state index in [1.165, 1.54) is 19.2 Å². The molecule has 0 saturated heterocycles. The van der Waals surface area contributed by atoms with Gasteiger partial charge in [-0.1, -0.05) is 0 Å². The number of carbonyl (C=O) groups is 1. The molecule has 3 N–H and O–H groups in total. The first kappa shape index (κ1) is 9.90. The molecule has 1 aromatic rings. The van der Waals surface area contributed by atoms with Crippen molar-refractivity contribution < 1.29 is 9.72 Å². The van der Waals surface area contributed by atoms with Crippen LogP contribution in [0.5, 0.6) is 0 Å². The van der Waals surface area contributed by atoms with Crippen LogP contribution in [0.2, 0.25) is 0 Å². The molecule has 2 amide bonds. The molecule has 1 aromatic heterocycles. The first-order valence-corrected chi connectivity index (χ1v) is 3.68. The molecule has 0 aliphatic rings. The van der Waals surface area contributed by atoms with Crippen LogP contribution in [0.15, 0.2) is 12.3 Å². The molecular weight excluding hydrogens is 188 g/mol. The molecule has 0 fully saturated rings. The van der Waals surface area contributed by atoms with E-state index in [0.717, 1.165) is 0 Å². The third-order valence-corrected chi connectivity index (χ3v) is 1.52. The zero-order valence-electron chi connectivity index (χ0n) is 7.35. The van der Waals surface area contributed by atoms with Crippen LogP contribution in [0.3, 0.4) is 0 Å². The van der Waals surface area contributed by atoms with E-state index in [4.69, 9.17) is 5.73 Å². The fourth-order valence-electron chi connectivity index (χ4n) is 0.917. The van der Waals surface area contributed by atoms with Gasteiger partial charge in [-0.3, -0.25) is 15.1 Å². The van der Waals surface area contributed by atoms with Gasteiger partial charge in [-0.2, -0.15) is 0 Å². The Morgan fingerprint density at radius 1 is 1.71 bits per heavy atom. The minimum absolute atomic E-state index is 0.156. The van der Waals surface area contributed by atoms with Crippen molar-refractivity contribution in [2.24, 2.45) is 5.73 Å². The zero-order valence-corrected chi connectivity index (χ0v) is 7.35. The summed E-state index contributed by atoms with van der Waals surface area (Å²) in [7, 11) is 0. The lowest BCUT2D eigenvalue weighted by Crippen LogP contribution is -2.19. The van der Waals surface area contributed by atoms with E-state index in [1.807, 2.05) is 0 Å². The maximum atomic E-state index is 10.5. The van der Waals surface area contributed by atoms with Crippen LogP contribution in [0.1, 0.15) is 5.69 Å². The van der Waals surface area contributed by atoms with Gasteiger partial charge in [-0.25, -0.2) is 4.79 Å². The number of anilines is 1. The highest BCUT2D eigenvalue weighted by Gasteiger charge is 2.12. The van der Waals surface area contributed by atoms with E-state index in [9.17, 15) is 14.9 Å². The normalized spacial score (nSPS) is 9.50. The van der Waals surface area contributed by atoms with E-state index in [-0.39, 0.29) is 17.1 Å². The van der Waals surface area contributed by atoms with Crippen LogP contribution in [-0.2, 0) is 0 Å². The fourth-order valence-corrected chi connectivity index (χ4v) is 0.917. The SMILES string of the molecule is Cc1ncc(NC(N)=O)cc1[N+](=O)[O-]. The van der Waals surface area contributed by atoms with Gasteiger partial charge in [-0.05, 0) is 6.92 Å². The summed E-state index contributed by atoms with van der Waals surface area (Å²) in [5, 5.41) is 12.7. The second-order valence-electron chi connectivity index (χ2n) is 2.57. The van der Waals surface area contributed by atoms with Gasteiger partial charge in [0.1, 0.15) is 5.69 Å². The number of nitrogens with zero attached hydrogens (tertiary/aromatic N) is 2. The number of amides is 2. The molecule has 0 bridgehead atoms. The van der Waals surface area contributed by atoms with Crippen molar-refractivity contribution in [3.05, 3.63) is 28.1 Å². The van der Waals surface area contributed by atoms with Crippen LogP contribution in [-0.4, -0.2) is 15.9 Å². The van der Waals surface area contributed by atoms with Crippen molar-refractivity contribution in [2.45, 2.75) is 6.92 Å². The van der Waals surface area contributed by atoms with E-state index < -0.39 is 11.0 Å². The van der Waals surface area contributed by atoms with E-state index in [1.54, 1.807) is 0 Å². The molecule has 0 radical (unpaired) electrons. The maximum Gasteiger partial charge on any atom is 0.316 e. The van der Waals surface area contributed by atoms with Crippen molar-refractivity contribution in [3.8, 4) is 0 Å². The third-order valence-electron chi connectivity index (χ3n) is 1.52. The van der Waals surface area contributed by atoms with Crippen LogP contribution in [0.4, 0.5) is 16.2 Å². The number of hydrogen-bond acceptors (Lipinski definition) is 4. The summed E-state index contributed by atoms with van der Waals surface area (Å²) in [5.74, 6) is 0. The van der Waals surface area contributed by atoms with Crippen molar-refractivity contribution in [1.29, 1.82) is 0 Å². The smallest absolute Gasteiger partial charge is 0.316 e. The summed E-state index contributed by atoms with van der Waals surface area (Å²) >= 11 is 0. The number of nitro groups is 1. The van der Waals surface area contributed by atoms with E-state index >= 15 is 0 Å². The predicted molar refractivity (Wildman–Crippen MR) is 48.8 cm³/mol. The summed E-state index contributed by atoms with van der Waals surface area (Å²) in [6.07, 6.45) is 1.30. The Balaban J connectivity index is 3.06. The Labute approximate surface area is 79.1 Å². The summed E-state index contributed by atoms with van der Waals surface area (Å²) < 4.78 is 0. The quantitative estimate of drug-likeness (QED) is 0.537. The second-order valence-corrected chi connectivity index (χ2v) is 2.57. The van der Waals surface area contributed by atoms with E-state index in [2.05, 4.69) is 10.3 Å². The van der Waals surface area contributed by atoms with Gasteiger partial charge < -0.3 is 11.1 Å². The summed E-state index contributed by atoms with van der Waals surface area (Å²) in [6, 6.07) is 0.414. The lowest BCUT2D eigenvalue weighted by Gasteiger charge is -2.01. The number of carbonyl (C=O) groups excluding carboxylic acids is 1. The Morgan fingerprint density at radius 2 is 2.36 bits per heavy atom. The number of nitrogens with two attached hydrogens (primary N) is 1. The Hall–Kier alpha value is -2.18. The minimum Gasteiger partial charge on any atom is -0.351 e. The molecule has 0 spiro atoms. The molecule has 0 unspecified atom stereocenters. The van der Waals surface area contributed by atoms with Gasteiger partial charge in [-0.15, -0.1) is 0 Å². The zero-order chi connectivity index (χ0) is 10.7. The Kier molecular flexibility index (Phi) is 2.61. The minimum atomic E-state index is -0.787. The highest BCUT2D eigenvalue weighted by Crippen LogP contribution is 2.19. The second kappa shape index (κ2) is 3.69. The molecule has 7 nitrogen and oxygen atoms in total. The summed E-state index contributed by atoms with van der Waals surface area (Å²) in [4.78, 5) is 24.1. The maximum absolute atomic E-state index is 10.5. The molecule has 0 saturated carbocycles. The largest absolute Gasteiger partial charge is 0.351 e. The number of rotatable bonds is 2. The molecule has 1 heterocycles. The average Bonchev–Trinajstić information content (AvgIpc) is 2.07. The van der Waals surface area contributed by atoms with Crippen LogP contribution in [0.25, 0.3) is 0 Å². The number of hydrogen-bond donors (Lipinski definition) is 2. The Morgan fingerprint density at radius 3 is 2.86 bits per heavy atom. The van der Waals surface area contributed by atoms with Crippen LogP contribution >= 0.6 is 0 Å². The highest BCUT2D eigenvalue weighted by molar-refractivity contribution is 5.87. The van der Waals surface area contributed by atoms with Gasteiger partial charge >= 0.3 is 6.03 Å². The molecule has 0 aliphatic heterocycles. The summed E-state index contributed by atoms with van der Waals surface area (Å²) in [6.45, 7) is 1.51. The topological polar surface area (TPSA) is 111 Å². The molecule has 14 heavy (non-hydrogen) atoms. The first-order valence-electron chi connectivity index (χ1n) is 3.68. The van der Waals surface area contributed by atoms with Gasteiger partial charge in [0.05, 0.1) is 16.8 Å². The lowest BCUT2D eigenvalue weighted by atomic mass is 10.3. The van der Waals surface area contributed by atoms with Crippen molar-refractivity contribution in [3.63, 3.8) is 0 Å². The van der Waals surface area contributed by atoms with Crippen LogP contribution in [0, 0.1) is 17.0 Å². The van der Waals surface area contributed by atoms with E-state index in [0.29, 0.717) is 0 Å². The van der Waals surface area contributed by atoms with Gasteiger partial charge in [0.25, 0.3) is 5.69 Å². The molecule has 0 atom stereocenters. The highest BCUT2D eigenvalue weighted by atomic mass is 16.6. The predicted octanol–water partition coefficient (Wildman–Crippen LogP) is 0.789. The molecule has 7 heteroatoms. The molecule has 74 valence electrons. The summed E-state index contributed by atoms with van der Waals surface area (Å²) in [5.41, 5.74) is 5.17. The lowest BCUT2D eigenvalue weighted by molar-refractivity contribution is -0.385.